The first-order valence-corrected chi connectivity index (χ1v) is 8.29. The number of urea groups is 1. The van der Waals surface area contributed by atoms with Crippen molar-refractivity contribution in [3.8, 4) is 0 Å². The van der Waals surface area contributed by atoms with Crippen molar-refractivity contribution < 1.29 is 4.79 Å². The standard InChI is InChI=1S/C16H23BrN2O/c1-2-11-18-16(20)19(15-5-3-4-6-15)12-13-7-9-14(17)10-8-13/h7-10,15H,2-6,11-12H2,1H3,(H,18,20). The molecule has 0 radical (unpaired) electrons. The number of amides is 2. The van der Waals surface area contributed by atoms with Crippen LogP contribution >= 0.6 is 15.9 Å². The molecular weight excluding hydrogens is 316 g/mol. The van der Waals surface area contributed by atoms with Crippen molar-refractivity contribution in [2.75, 3.05) is 6.54 Å². The summed E-state index contributed by atoms with van der Waals surface area (Å²) in [4.78, 5) is 14.4. The van der Waals surface area contributed by atoms with Gasteiger partial charge in [-0.25, -0.2) is 4.79 Å². The molecule has 4 heteroatoms. The number of carbonyl (C=O) groups excluding carboxylic acids is 1. The molecule has 0 saturated heterocycles. The smallest absolute Gasteiger partial charge is 0.317 e. The van der Waals surface area contributed by atoms with Crippen molar-refractivity contribution in [3.63, 3.8) is 0 Å². The summed E-state index contributed by atoms with van der Waals surface area (Å²) >= 11 is 3.45. The summed E-state index contributed by atoms with van der Waals surface area (Å²) in [6.45, 7) is 3.53. The Balaban J connectivity index is 2.05. The minimum absolute atomic E-state index is 0.0849. The molecule has 1 N–H and O–H groups in total. The Labute approximate surface area is 129 Å². The highest BCUT2D eigenvalue weighted by Crippen LogP contribution is 2.25. The first-order chi connectivity index (χ1) is 9.70. The van der Waals surface area contributed by atoms with E-state index in [-0.39, 0.29) is 6.03 Å². The van der Waals surface area contributed by atoms with E-state index in [1.165, 1.54) is 18.4 Å². The molecule has 20 heavy (non-hydrogen) atoms. The quantitative estimate of drug-likeness (QED) is 0.852. The van der Waals surface area contributed by atoms with Crippen LogP contribution in [0.3, 0.4) is 0 Å². The van der Waals surface area contributed by atoms with E-state index in [1.54, 1.807) is 0 Å². The van der Waals surface area contributed by atoms with Crippen molar-refractivity contribution in [1.29, 1.82) is 0 Å². The molecule has 1 aliphatic rings. The fourth-order valence-electron chi connectivity index (χ4n) is 2.70. The van der Waals surface area contributed by atoms with Gasteiger partial charge in [0, 0.05) is 23.6 Å². The largest absolute Gasteiger partial charge is 0.338 e. The molecule has 0 bridgehead atoms. The van der Waals surface area contributed by atoms with E-state index in [1.807, 2.05) is 17.0 Å². The molecule has 2 amide bonds. The summed E-state index contributed by atoms with van der Waals surface area (Å²) < 4.78 is 1.07. The highest BCUT2D eigenvalue weighted by Gasteiger charge is 2.26. The monoisotopic (exact) mass is 338 g/mol. The summed E-state index contributed by atoms with van der Waals surface area (Å²) in [5.41, 5.74) is 1.19. The van der Waals surface area contributed by atoms with Crippen LogP contribution in [0.15, 0.2) is 28.7 Å². The van der Waals surface area contributed by atoms with Gasteiger partial charge >= 0.3 is 6.03 Å². The second kappa shape index (κ2) is 7.67. The molecule has 0 unspecified atom stereocenters. The van der Waals surface area contributed by atoms with Gasteiger partial charge in [0.15, 0.2) is 0 Å². The van der Waals surface area contributed by atoms with Gasteiger partial charge in [0.25, 0.3) is 0 Å². The maximum atomic E-state index is 12.4. The topological polar surface area (TPSA) is 32.3 Å². The molecule has 0 aromatic heterocycles. The third-order valence-electron chi connectivity index (χ3n) is 3.82. The molecule has 0 spiro atoms. The lowest BCUT2D eigenvalue weighted by Crippen LogP contribution is -2.44. The van der Waals surface area contributed by atoms with Crippen molar-refractivity contribution in [2.24, 2.45) is 0 Å². The molecule has 1 fully saturated rings. The molecule has 0 aliphatic heterocycles. The van der Waals surface area contributed by atoms with E-state index < -0.39 is 0 Å². The van der Waals surface area contributed by atoms with Crippen molar-refractivity contribution in [1.82, 2.24) is 10.2 Å². The van der Waals surface area contributed by atoms with Gasteiger partial charge < -0.3 is 10.2 Å². The number of hydrogen-bond acceptors (Lipinski definition) is 1. The Morgan fingerprint density at radius 1 is 1.30 bits per heavy atom. The molecule has 0 atom stereocenters. The number of hydrogen-bond donors (Lipinski definition) is 1. The van der Waals surface area contributed by atoms with Gasteiger partial charge in [-0.1, -0.05) is 47.8 Å². The second-order valence-electron chi connectivity index (χ2n) is 5.42. The van der Waals surface area contributed by atoms with Crippen LogP contribution in [0.4, 0.5) is 4.79 Å². The van der Waals surface area contributed by atoms with Crippen LogP contribution in [-0.4, -0.2) is 23.5 Å². The number of halogens is 1. The van der Waals surface area contributed by atoms with E-state index in [0.29, 0.717) is 12.6 Å². The van der Waals surface area contributed by atoms with E-state index in [9.17, 15) is 4.79 Å². The number of nitrogens with zero attached hydrogens (tertiary/aromatic N) is 1. The molecule has 0 heterocycles. The van der Waals surface area contributed by atoms with Crippen molar-refractivity contribution in [3.05, 3.63) is 34.3 Å². The molecule has 1 saturated carbocycles. The predicted molar refractivity (Wildman–Crippen MR) is 85.6 cm³/mol. The highest BCUT2D eigenvalue weighted by atomic mass is 79.9. The van der Waals surface area contributed by atoms with E-state index >= 15 is 0 Å². The van der Waals surface area contributed by atoms with Crippen LogP contribution < -0.4 is 5.32 Å². The van der Waals surface area contributed by atoms with Crippen LogP contribution in [0.1, 0.15) is 44.6 Å². The van der Waals surface area contributed by atoms with Gasteiger partial charge in [-0.05, 0) is 37.0 Å². The molecule has 1 aromatic rings. The summed E-state index contributed by atoms with van der Waals surface area (Å²) in [5.74, 6) is 0. The Kier molecular flexibility index (Phi) is 5.89. The Morgan fingerprint density at radius 2 is 1.95 bits per heavy atom. The lowest BCUT2D eigenvalue weighted by Gasteiger charge is -2.29. The average Bonchev–Trinajstić information content (AvgIpc) is 2.98. The molecular formula is C16H23BrN2O. The molecule has 1 aromatic carbocycles. The summed E-state index contributed by atoms with van der Waals surface area (Å²) in [7, 11) is 0. The summed E-state index contributed by atoms with van der Waals surface area (Å²) in [5, 5.41) is 3.02. The predicted octanol–water partition coefficient (Wildman–Crippen LogP) is 4.31. The van der Waals surface area contributed by atoms with Crippen molar-refractivity contribution >= 4 is 22.0 Å². The molecule has 110 valence electrons. The van der Waals surface area contributed by atoms with Crippen molar-refractivity contribution in [2.45, 2.75) is 51.6 Å². The fraction of sp³-hybridized carbons (Fsp3) is 0.562. The Morgan fingerprint density at radius 3 is 2.55 bits per heavy atom. The van der Waals surface area contributed by atoms with Gasteiger partial charge in [0.1, 0.15) is 0 Å². The van der Waals surface area contributed by atoms with Crippen LogP contribution in [0, 0.1) is 0 Å². The third-order valence-corrected chi connectivity index (χ3v) is 4.35. The van der Waals surface area contributed by atoms with Crippen LogP contribution in [0.5, 0.6) is 0 Å². The number of rotatable bonds is 5. The minimum Gasteiger partial charge on any atom is -0.338 e. The van der Waals surface area contributed by atoms with Crippen LogP contribution in [-0.2, 0) is 6.54 Å². The Bertz CT molecular complexity index is 427. The van der Waals surface area contributed by atoms with Gasteiger partial charge in [0.05, 0.1) is 0 Å². The average molecular weight is 339 g/mol. The van der Waals surface area contributed by atoms with E-state index in [4.69, 9.17) is 0 Å². The maximum absolute atomic E-state index is 12.4. The third kappa shape index (κ3) is 4.23. The van der Waals surface area contributed by atoms with Crippen LogP contribution in [0.25, 0.3) is 0 Å². The first kappa shape index (κ1) is 15.4. The highest BCUT2D eigenvalue weighted by molar-refractivity contribution is 9.10. The van der Waals surface area contributed by atoms with Crippen LogP contribution in [0.2, 0.25) is 0 Å². The summed E-state index contributed by atoms with van der Waals surface area (Å²) in [6, 6.07) is 8.72. The molecule has 2 rings (SSSR count). The fourth-order valence-corrected chi connectivity index (χ4v) is 2.97. The first-order valence-electron chi connectivity index (χ1n) is 7.49. The van der Waals surface area contributed by atoms with E-state index in [2.05, 4.69) is 40.3 Å². The normalized spacial score (nSPS) is 15.3. The second-order valence-corrected chi connectivity index (χ2v) is 6.34. The lowest BCUT2D eigenvalue weighted by molar-refractivity contribution is 0.171. The SMILES string of the molecule is CCCNC(=O)N(Cc1ccc(Br)cc1)C1CCCC1. The Hall–Kier alpha value is -1.03. The maximum Gasteiger partial charge on any atom is 0.317 e. The molecule has 1 aliphatic carbocycles. The van der Waals surface area contributed by atoms with E-state index in [0.717, 1.165) is 30.3 Å². The zero-order chi connectivity index (χ0) is 14.4. The number of benzene rings is 1. The van der Waals surface area contributed by atoms with Gasteiger partial charge in [-0.2, -0.15) is 0 Å². The van der Waals surface area contributed by atoms with Gasteiger partial charge in [-0.3, -0.25) is 0 Å². The van der Waals surface area contributed by atoms with Gasteiger partial charge in [-0.15, -0.1) is 0 Å². The lowest BCUT2D eigenvalue weighted by atomic mass is 10.1. The summed E-state index contributed by atoms with van der Waals surface area (Å²) in [6.07, 6.45) is 5.72. The minimum atomic E-state index is 0.0849. The zero-order valence-corrected chi connectivity index (χ0v) is 13.7. The van der Waals surface area contributed by atoms with Gasteiger partial charge in [0.2, 0.25) is 0 Å². The zero-order valence-electron chi connectivity index (χ0n) is 12.1. The number of carbonyl (C=O) groups is 1. The molecule has 3 nitrogen and oxygen atoms in total. The number of nitrogens with one attached hydrogen (secondary N) is 1.